The number of anilines is 1. The minimum absolute atomic E-state index is 0.0579. The topological polar surface area (TPSA) is 84.4 Å². The van der Waals surface area contributed by atoms with Gasteiger partial charge in [0.05, 0.1) is 19.8 Å². The molecule has 1 unspecified atom stereocenters. The third-order valence-corrected chi connectivity index (χ3v) is 4.37. The van der Waals surface area contributed by atoms with Gasteiger partial charge in [0.1, 0.15) is 6.54 Å². The number of guanidine groups is 1. The zero-order chi connectivity index (χ0) is 20.4. The molecule has 28 heavy (non-hydrogen) atoms. The van der Waals surface area contributed by atoms with E-state index in [0.29, 0.717) is 30.6 Å². The summed E-state index contributed by atoms with van der Waals surface area (Å²) in [5.74, 6) is 1.77. The Hall–Kier alpha value is -2.48. The molecule has 0 aliphatic carbocycles. The second-order valence-electron chi connectivity index (χ2n) is 6.75. The third-order valence-electron chi connectivity index (χ3n) is 4.37. The first kappa shape index (κ1) is 21.8. The molecule has 1 saturated heterocycles. The van der Waals surface area contributed by atoms with E-state index < -0.39 is 0 Å². The molecule has 2 rings (SSSR count). The number of nitrogens with one attached hydrogen (secondary N) is 2. The van der Waals surface area contributed by atoms with Crippen molar-refractivity contribution in [3.05, 3.63) is 18.2 Å². The Morgan fingerprint density at radius 2 is 2.14 bits per heavy atom. The van der Waals surface area contributed by atoms with E-state index in [-0.39, 0.29) is 18.6 Å². The van der Waals surface area contributed by atoms with Gasteiger partial charge in [0.2, 0.25) is 5.91 Å². The summed E-state index contributed by atoms with van der Waals surface area (Å²) >= 11 is 0. The lowest BCUT2D eigenvalue weighted by Gasteiger charge is -2.24. The van der Waals surface area contributed by atoms with Crippen LogP contribution in [0.4, 0.5) is 5.69 Å². The van der Waals surface area contributed by atoms with Gasteiger partial charge in [0, 0.05) is 39.0 Å². The molecule has 1 amide bonds. The molecule has 8 nitrogen and oxygen atoms in total. The van der Waals surface area contributed by atoms with Crippen LogP contribution < -0.4 is 20.1 Å². The van der Waals surface area contributed by atoms with Gasteiger partial charge >= 0.3 is 0 Å². The standard InChI is InChI=1S/C20H32N4O4/c1-5-27-18-12-15(9-10-17(18)26-4)23-20(22-14-19(25)24(2)3)21-13-16-8-6-7-11-28-16/h9-10,12,16H,5-8,11,13-14H2,1-4H3,(H2,21,22,23). The number of ether oxygens (including phenoxy) is 3. The number of nitrogens with zero attached hydrogens (tertiary/aromatic N) is 2. The third kappa shape index (κ3) is 6.92. The van der Waals surface area contributed by atoms with Gasteiger partial charge in [-0.25, -0.2) is 4.99 Å². The lowest BCUT2D eigenvalue weighted by atomic mass is 10.1. The quantitative estimate of drug-likeness (QED) is 0.521. The monoisotopic (exact) mass is 392 g/mol. The van der Waals surface area contributed by atoms with Gasteiger partial charge in [-0.05, 0) is 38.3 Å². The van der Waals surface area contributed by atoms with Crippen LogP contribution in [0.5, 0.6) is 11.5 Å². The lowest BCUT2D eigenvalue weighted by molar-refractivity contribution is -0.127. The molecule has 0 saturated carbocycles. The first-order valence-corrected chi connectivity index (χ1v) is 9.71. The number of aliphatic imine (C=N–C) groups is 1. The summed E-state index contributed by atoms with van der Waals surface area (Å²) in [6.45, 7) is 3.95. The summed E-state index contributed by atoms with van der Waals surface area (Å²) in [7, 11) is 5.04. The molecule has 1 aliphatic heterocycles. The fourth-order valence-electron chi connectivity index (χ4n) is 2.77. The van der Waals surface area contributed by atoms with Crippen molar-refractivity contribution in [2.75, 3.05) is 52.8 Å². The molecule has 2 N–H and O–H groups in total. The predicted octanol–water partition coefficient (Wildman–Crippen LogP) is 2.11. The van der Waals surface area contributed by atoms with Crippen molar-refractivity contribution in [1.29, 1.82) is 0 Å². The van der Waals surface area contributed by atoms with Gasteiger partial charge in [-0.1, -0.05) is 0 Å². The molecule has 1 aliphatic rings. The summed E-state index contributed by atoms with van der Waals surface area (Å²) in [4.78, 5) is 17.9. The maximum absolute atomic E-state index is 11.9. The van der Waals surface area contributed by atoms with E-state index >= 15 is 0 Å². The summed E-state index contributed by atoms with van der Waals surface area (Å²) in [6.07, 6.45) is 3.45. The molecule has 0 radical (unpaired) electrons. The number of amides is 1. The van der Waals surface area contributed by atoms with Crippen LogP contribution in [-0.4, -0.2) is 70.4 Å². The molecule has 1 heterocycles. The molecule has 1 atom stereocenters. The Balaban J connectivity index is 2.09. The number of benzene rings is 1. The van der Waals surface area contributed by atoms with E-state index in [4.69, 9.17) is 14.2 Å². The van der Waals surface area contributed by atoms with Crippen molar-refractivity contribution in [1.82, 2.24) is 10.2 Å². The van der Waals surface area contributed by atoms with Gasteiger partial charge in [0.25, 0.3) is 0 Å². The van der Waals surface area contributed by atoms with Crippen LogP contribution in [0, 0.1) is 0 Å². The summed E-state index contributed by atoms with van der Waals surface area (Å²) < 4.78 is 16.7. The Morgan fingerprint density at radius 1 is 1.32 bits per heavy atom. The highest BCUT2D eigenvalue weighted by atomic mass is 16.5. The molecular weight excluding hydrogens is 360 g/mol. The highest BCUT2D eigenvalue weighted by Crippen LogP contribution is 2.30. The number of carbonyl (C=O) groups is 1. The number of methoxy groups -OCH3 is 1. The van der Waals surface area contributed by atoms with Gasteiger partial charge in [-0.15, -0.1) is 0 Å². The normalized spacial score (nSPS) is 17.0. The number of likely N-dealkylation sites (N-methyl/N-ethyl adjacent to an activating group) is 1. The molecule has 1 aromatic carbocycles. The van der Waals surface area contributed by atoms with Crippen molar-refractivity contribution in [3.63, 3.8) is 0 Å². The van der Waals surface area contributed by atoms with E-state index in [9.17, 15) is 4.79 Å². The number of rotatable bonds is 8. The molecule has 0 bridgehead atoms. The predicted molar refractivity (Wildman–Crippen MR) is 110 cm³/mol. The fraction of sp³-hybridized carbons (Fsp3) is 0.600. The first-order chi connectivity index (χ1) is 13.5. The molecule has 1 fully saturated rings. The first-order valence-electron chi connectivity index (χ1n) is 9.71. The minimum Gasteiger partial charge on any atom is -0.493 e. The highest BCUT2D eigenvalue weighted by Gasteiger charge is 2.15. The number of carbonyl (C=O) groups excluding carboxylic acids is 1. The highest BCUT2D eigenvalue weighted by molar-refractivity contribution is 5.95. The summed E-state index contributed by atoms with van der Waals surface area (Å²) in [6, 6.07) is 5.56. The van der Waals surface area contributed by atoms with E-state index in [1.54, 1.807) is 21.2 Å². The number of hydrogen-bond acceptors (Lipinski definition) is 5. The van der Waals surface area contributed by atoms with Crippen LogP contribution in [0.1, 0.15) is 26.2 Å². The van der Waals surface area contributed by atoms with Crippen LogP contribution >= 0.6 is 0 Å². The molecule has 8 heteroatoms. The Labute approximate surface area is 167 Å². The summed E-state index contributed by atoms with van der Waals surface area (Å²) in [5.41, 5.74) is 0.789. The maximum atomic E-state index is 11.9. The van der Waals surface area contributed by atoms with E-state index in [1.807, 2.05) is 25.1 Å². The van der Waals surface area contributed by atoms with Gasteiger partial charge in [-0.3, -0.25) is 4.79 Å². The largest absolute Gasteiger partial charge is 0.493 e. The Bertz CT molecular complexity index is 658. The minimum atomic E-state index is -0.0697. The second kappa shape index (κ2) is 11.4. The molecule has 0 aromatic heterocycles. The van der Waals surface area contributed by atoms with Crippen LogP contribution in [-0.2, 0) is 9.53 Å². The Kier molecular flexibility index (Phi) is 8.87. The number of hydrogen-bond donors (Lipinski definition) is 2. The van der Waals surface area contributed by atoms with Crippen LogP contribution in [0.15, 0.2) is 23.2 Å². The average Bonchev–Trinajstić information content (AvgIpc) is 2.71. The van der Waals surface area contributed by atoms with Gasteiger partial charge < -0.3 is 29.7 Å². The van der Waals surface area contributed by atoms with Gasteiger partial charge in [-0.2, -0.15) is 0 Å². The zero-order valence-corrected chi connectivity index (χ0v) is 17.3. The lowest BCUT2D eigenvalue weighted by Crippen LogP contribution is -2.39. The molecular formula is C20H32N4O4. The van der Waals surface area contributed by atoms with E-state index in [1.165, 1.54) is 11.3 Å². The van der Waals surface area contributed by atoms with Crippen LogP contribution in [0.3, 0.4) is 0 Å². The average molecular weight is 393 g/mol. The van der Waals surface area contributed by atoms with Crippen molar-refractivity contribution in [2.24, 2.45) is 4.99 Å². The van der Waals surface area contributed by atoms with Crippen molar-refractivity contribution in [3.8, 4) is 11.5 Å². The molecule has 156 valence electrons. The SMILES string of the molecule is CCOc1cc(NC(=NCC(=O)N(C)C)NCC2CCCCO2)ccc1OC. The Morgan fingerprint density at radius 3 is 2.79 bits per heavy atom. The summed E-state index contributed by atoms with van der Waals surface area (Å²) in [5, 5.41) is 6.52. The molecule has 0 spiro atoms. The van der Waals surface area contributed by atoms with Crippen molar-refractivity contribution >= 4 is 17.6 Å². The van der Waals surface area contributed by atoms with Crippen LogP contribution in [0.2, 0.25) is 0 Å². The smallest absolute Gasteiger partial charge is 0.243 e. The van der Waals surface area contributed by atoms with Gasteiger partial charge in [0.15, 0.2) is 17.5 Å². The molecule has 1 aromatic rings. The van der Waals surface area contributed by atoms with Crippen molar-refractivity contribution < 1.29 is 19.0 Å². The zero-order valence-electron chi connectivity index (χ0n) is 17.3. The maximum Gasteiger partial charge on any atom is 0.243 e. The van der Waals surface area contributed by atoms with Crippen LogP contribution in [0.25, 0.3) is 0 Å². The van der Waals surface area contributed by atoms with Crippen molar-refractivity contribution in [2.45, 2.75) is 32.3 Å². The van der Waals surface area contributed by atoms with E-state index in [0.717, 1.165) is 25.1 Å². The second-order valence-corrected chi connectivity index (χ2v) is 6.75. The fourth-order valence-corrected chi connectivity index (χ4v) is 2.77. The van der Waals surface area contributed by atoms with E-state index in [2.05, 4.69) is 15.6 Å².